The molecule has 58 heavy (non-hydrogen) atoms. The van der Waals surface area contributed by atoms with Crippen LogP contribution in [0.1, 0.15) is 103 Å². The van der Waals surface area contributed by atoms with Crippen molar-refractivity contribution in [3.8, 4) is 11.1 Å². The van der Waals surface area contributed by atoms with Crippen LogP contribution in [0.5, 0.6) is 0 Å². The van der Waals surface area contributed by atoms with Crippen molar-refractivity contribution in [2.24, 2.45) is 0 Å². The first kappa shape index (κ1) is 45.8. The Kier molecular flexibility index (Phi) is 14.6. The quantitative estimate of drug-likeness (QED) is 0.0540. The molecule has 2 aliphatic rings. The molecule has 0 spiro atoms. The van der Waals surface area contributed by atoms with Crippen LogP contribution in [0.25, 0.3) is 22.5 Å². The Morgan fingerprint density at radius 3 is 2.00 bits per heavy atom. The van der Waals surface area contributed by atoms with Crippen molar-refractivity contribution >= 4 is 39.5 Å². The van der Waals surface area contributed by atoms with Crippen molar-refractivity contribution in [2.45, 2.75) is 161 Å². The van der Waals surface area contributed by atoms with Gasteiger partial charge in [0.1, 0.15) is 36.2 Å². The van der Waals surface area contributed by atoms with E-state index in [2.05, 4.69) is 50.8 Å². The zero-order valence-electron chi connectivity index (χ0n) is 37.6. The Hall–Kier alpha value is -3.31. The van der Waals surface area contributed by atoms with Crippen molar-refractivity contribution < 1.29 is 28.8 Å². The van der Waals surface area contributed by atoms with Crippen LogP contribution >= 0.6 is 0 Å². The molecule has 322 valence electrons. The SMILES string of the molecule is C=C(OCC)c1c(C2C[C@H]3CC[C@@H](C2)N3C(=O)OC(C)(C)C)nc2c(-c3ccc(C(O)(CC)CC)nc3)cnn2c1N(COCC[Si](C)(C)C)COCC[Si](C)(C)C. The van der Waals surface area contributed by atoms with Crippen molar-refractivity contribution in [1.29, 1.82) is 0 Å². The fourth-order valence-corrected chi connectivity index (χ4v) is 9.53. The smallest absolute Gasteiger partial charge is 0.410 e. The summed E-state index contributed by atoms with van der Waals surface area (Å²) >= 11 is 0. The molecule has 0 aromatic carbocycles. The summed E-state index contributed by atoms with van der Waals surface area (Å²) in [6.45, 7) is 32.6. The van der Waals surface area contributed by atoms with Crippen molar-refractivity contribution in [1.82, 2.24) is 24.5 Å². The second-order valence-electron chi connectivity index (χ2n) is 19.7. The molecule has 1 unspecified atom stereocenters. The number of anilines is 1. The van der Waals surface area contributed by atoms with E-state index < -0.39 is 27.3 Å². The molecule has 12 nitrogen and oxygen atoms in total. The lowest BCUT2D eigenvalue weighted by molar-refractivity contribution is 0.00564. The molecule has 1 amide bonds. The molecule has 0 saturated carbocycles. The molecule has 0 radical (unpaired) electrons. The molecule has 14 heteroatoms. The third-order valence-electron chi connectivity index (χ3n) is 11.5. The van der Waals surface area contributed by atoms with E-state index in [0.29, 0.717) is 49.8 Å². The molecule has 3 atom stereocenters. The highest BCUT2D eigenvalue weighted by Gasteiger charge is 2.47. The van der Waals surface area contributed by atoms with Gasteiger partial charge in [-0.1, -0.05) is 65.8 Å². The first-order chi connectivity index (χ1) is 27.2. The normalized spacial score (nSPS) is 18.8. The maximum Gasteiger partial charge on any atom is 0.410 e. The van der Waals surface area contributed by atoms with Crippen molar-refractivity contribution in [2.75, 3.05) is 38.2 Å². The van der Waals surface area contributed by atoms with E-state index in [-0.39, 0.29) is 37.6 Å². The number of fused-ring (bicyclic) bond motifs is 3. The van der Waals surface area contributed by atoms with Crippen molar-refractivity contribution in [3.63, 3.8) is 0 Å². The minimum atomic E-state index is -1.36. The Balaban J connectivity index is 1.68. The maximum absolute atomic E-state index is 13.6. The lowest BCUT2D eigenvalue weighted by atomic mass is 9.85. The van der Waals surface area contributed by atoms with E-state index in [9.17, 15) is 9.90 Å². The zero-order valence-corrected chi connectivity index (χ0v) is 39.6. The molecular formula is C44H72N6O6Si2. The summed E-state index contributed by atoms with van der Waals surface area (Å²) in [7, 11) is -2.71. The third kappa shape index (κ3) is 11.1. The number of ether oxygens (including phenoxy) is 4. The first-order valence-corrected chi connectivity index (χ1v) is 28.9. The summed E-state index contributed by atoms with van der Waals surface area (Å²) in [4.78, 5) is 27.9. The summed E-state index contributed by atoms with van der Waals surface area (Å²) in [5.74, 6) is 1.27. The Bertz CT molecular complexity index is 1830. The molecule has 5 heterocycles. The summed E-state index contributed by atoms with van der Waals surface area (Å²) in [5.41, 5.74) is 3.06. The van der Waals surface area contributed by atoms with Gasteiger partial charge >= 0.3 is 6.09 Å². The number of carbonyl (C=O) groups is 1. The molecule has 5 rings (SSSR count). The van der Waals surface area contributed by atoms with Gasteiger partial charge in [0.15, 0.2) is 5.65 Å². The summed E-state index contributed by atoms with van der Waals surface area (Å²) < 4.78 is 27.1. The van der Waals surface area contributed by atoms with Gasteiger partial charge < -0.3 is 33.9 Å². The van der Waals surface area contributed by atoms with E-state index in [0.717, 1.165) is 66.0 Å². The number of hydrogen-bond donors (Lipinski definition) is 1. The number of pyridine rings is 1. The van der Waals surface area contributed by atoms with Gasteiger partial charge in [-0.25, -0.2) is 9.78 Å². The molecule has 2 bridgehead atoms. The second kappa shape index (κ2) is 18.5. The first-order valence-electron chi connectivity index (χ1n) is 21.5. The van der Waals surface area contributed by atoms with Crippen LogP contribution in [0.4, 0.5) is 10.6 Å². The third-order valence-corrected chi connectivity index (χ3v) is 14.9. The summed E-state index contributed by atoms with van der Waals surface area (Å²) in [6.07, 6.45) is 7.84. The Morgan fingerprint density at radius 1 is 0.931 bits per heavy atom. The van der Waals surface area contributed by atoms with E-state index in [1.54, 1.807) is 0 Å². The monoisotopic (exact) mass is 837 g/mol. The molecule has 1 N–H and O–H groups in total. The van der Waals surface area contributed by atoms with Gasteiger partial charge in [-0.05, 0) is 84.4 Å². The Morgan fingerprint density at radius 2 is 1.52 bits per heavy atom. The second-order valence-corrected chi connectivity index (χ2v) is 30.9. The van der Waals surface area contributed by atoms with Crippen LogP contribution in [0.15, 0.2) is 31.1 Å². The topological polar surface area (TPSA) is 124 Å². The number of piperidine rings is 1. The van der Waals surface area contributed by atoms with Crippen LogP contribution in [-0.2, 0) is 24.5 Å². The average Bonchev–Trinajstić information content (AvgIpc) is 3.69. The number of nitrogens with zero attached hydrogens (tertiary/aromatic N) is 6. The Labute approximate surface area is 349 Å². The number of carbonyl (C=O) groups excluding carboxylic acids is 1. The number of amides is 1. The highest BCUT2D eigenvalue weighted by Crippen LogP contribution is 2.47. The summed E-state index contributed by atoms with van der Waals surface area (Å²) in [5, 5.41) is 16.3. The lowest BCUT2D eigenvalue weighted by Gasteiger charge is -2.40. The zero-order chi connectivity index (χ0) is 42.6. The van der Waals surface area contributed by atoms with Gasteiger partial charge in [0, 0.05) is 64.7 Å². The van der Waals surface area contributed by atoms with E-state index >= 15 is 0 Å². The average molecular weight is 837 g/mol. The molecule has 2 saturated heterocycles. The van der Waals surface area contributed by atoms with Crippen LogP contribution in [0.3, 0.4) is 0 Å². The van der Waals surface area contributed by atoms with E-state index in [1.165, 1.54) is 0 Å². The van der Waals surface area contributed by atoms with Crippen LogP contribution in [-0.4, -0.2) is 103 Å². The predicted molar refractivity (Wildman–Crippen MR) is 239 cm³/mol. The molecular weight excluding hydrogens is 765 g/mol. The van der Waals surface area contributed by atoms with E-state index in [4.69, 9.17) is 34.0 Å². The van der Waals surface area contributed by atoms with E-state index in [1.807, 2.05) is 75.5 Å². The lowest BCUT2D eigenvalue weighted by Crippen LogP contribution is -2.48. The van der Waals surface area contributed by atoms with Crippen LogP contribution < -0.4 is 4.90 Å². The molecule has 2 aliphatic heterocycles. The van der Waals surface area contributed by atoms with Gasteiger partial charge in [0.25, 0.3) is 0 Å². The fraction of sp³-hybridized carbons (Fsp3) is 0.682. The number of aliphatic hydroxyl groups is 1. The van der Waals surface area contributed by atoms with Gasteiger partial charge in [-0.3, -0.25) is 4.98 Å². The fourth-order valence-electron chi connectivity index (χ4n) is 8.02. The van der Waals surface area contributed by atoms with Crippen LogP contribution in [0, 0.1) is 0 Å². The highest BCUT2D eigenvalue weighted by atomic mass is 28.3. The number of hydrogen-bond acceptors (Lipinski definition) is 10. The van der Waals surface area contributed by atoms with Crippen molar-refractivity contribution in [3.05, 3.63) is 48.1 Å². The highest BCUT2D eigenvalue weighted by molar-refractivity contribution is 6.76. The van der Waals surface area contributed by atoms with Gasteiger partial charge in [-0.2, -0.15) is 9.61 Å². The number of aromatic nitrogens is 4. The van der Waals surface area contributed by atoms with Gasteiger partial charge in [-0.15, -0.1) is 0 Å². The molecule has 3 aromatic rings. The van der Waals surface area contributed by atoms with Crippen LogP contribution in [0.2, 0.25) is 51.4 Å². The predicted octanol–water partition coefficient (Wildman–Crippen LogP) is 9.88. The molecule has 2 fully saturated rings. The summed E-state index contributed by atoms with van der Waals surface area (Å²) in [6, 6.07) is 6.03. The minimum Gasteiger partial charge on any atom is -0.494 e. The molecule has 0 aliphatic carbocycles. The molecule has 3 aromatic heterocycles. The maximum atomic E-state index is 13.6. The largest absolute Gasteiger partial charge is 0.494 e. The minimum absolute atomic E-state index is 0.00183. The van der Waals surface area contributed by atoms with Gasteiger partial charge in [0.05, 0.1) is 29.8 Å². The standard InChI is InChI=1S/C44H72N6O6Si2/c1-14-44(52,15-2)37-20-17-32(27-45-37)36-28-46-50-40(36)47-39(33-25-34-18-19-35(26-33)49(34)42(51)56-43(5,6)7)38(31(4)55-16-3)41(50)48(29-53-21-23-57(8,9)10)30-54-22-24-58(11,12)13/h17,20,27-28,33-35,52H,4,14-16,18-19,21-26,29-30H2,1-3,5-13H3/t33?,34-,35+. The number of rotatable bonds is 19. The van der Waals surface area contributed by atoms with Gasteiger partial charge in [0.2, 0.25) is 0 Å².